The van der Waals surface area contributed by atoms with Crippen LogP contribution >= 0.6 is 11.3 Å². The second-order valence-corrected chi connectivity index (χ2v) is 8.68. The molecular formula is C23H28N4O5S. The van der Waals surface area contributed by atoms with Crippen LogP contribution in [0.3, 0.4) is 0 Å². The molecule has 0 radical (unpaired) electrons. The molecule has 3 aromatic rings. The molecule has 1 saturated heterocycles. The molecule has 1 aliphatic heterocycles. The minimum absolute atomic E-state index is 0.0515. The number of carbonyl (C=O) groups is 1. The quantitative estimate of drug-likeness (QED) is 0.497. The third-order valence-electron chi connectivity index (χ3n) is 5.92. The summed E-state index contributed by atoms with van der Waals surface area (Å²) < 4.78 is 17.9. The molecule has 1 fully saturated rings. The maximum Gasteiger partial charge on any atom is 0.262 e. The number of ether oxygens (including phenoxy) is 3. The minimum Gasteiger partial charge on any atom is -0.493 e. The number of nitrogens with zero attached hydrogens (tertiary/aromatic N) is 4. The molecule has 33 heavy (non-hydrogen) atoms. The number of aromatic nitrogens is 2. The van der Waals surface area contributed by atoms with E-state index in [1.807, 2.05) is 22.4 Å². The lowest BCUT2D eigenvalue weighted by molar-refractivity contribution is -0.133. The number of piperazine rings is 1. The molecule has 3 heterocycles. The molecule has 176 valence electrons. The molecule has 0 saturated carbocycles. The largest absolute Gasteiger partial charge is 0.493 e. The molecule has 0 atom stereocenters. The fourth-order valence-electron chi connectivity index (χ4n) is 4.11. The number of thiophene rings is 1. The summed E-state index contributed by atoms with van der Waals surface area (Å²) in [6.07, 6.45) is 1.81. The highest BCUT2D eigenvalue weighted by atomic mass is 32.1. The predicted molar refractivity (Wildman–Crippen MR) is 126 cm³/mol. The first-order valence-electron chi connectivity index (χ1n) is 10.8. The van der Waals surface area contributed by atoms with Crippen molar-refractivity contribution >= 4 is 27.5 Å². The Kier molecular flexibility index (Phi) is 7.14. The van der Waals surface area contributed by atoms with Crippen molar-refractivity contribution in [1.82, 2.24) is 19.4 Å². The summed E-state index contributed by atoms with van der Waals surface area (Å²) in [5.41, 5.74) is 0.911. The molecule has 0 unspecified atom stereocenters. The Morgan fingerprint density at radius 2 is 1.79 bits per heavy atom. The summed E-state index contributed by atoms with van der Waals surface area (Å²) in [5.74, 6) is 1.92. The monoisotopic (exact) mass is 472 g/mol. The maximum atomic E-state index is 12.7. The average molecular weight is 473 g/mol. The van der Waals surface area contributed by atoms with E-state index in [0.29, 0.717) is 48.8 Å². The lowest BCUT2D eigenvalue weighted by Gasteiger charge is -2.35. The van der Waals surface area contributed by atoms with Gasteiger partial charge in [-0.05, 0) is 17.5 Å². The molecule has 0 N–H and O–H groups in total. The number of hydrogen-bond acceptors (Lipinski definition) is 8. The second kappa shape index (κ2) is 10.2. The normalized spacial score (nSPS) is 14.5. The summed E-state index contributed by atoms with van der Waals surface area (Å²) in [6.45, 7) is 3.82. The smallest absolute Gasteiger partial charge is 0.262 e. The van der Waals surface area contributed by atoms with Crippen LogP contribution in [0.1, 0.15) is 12.0 Å². The fourth-order valence-corrected chi connectivity index (χ4v) is 4.83. The first kappa shape index (κ1) is 23.1. The van der Waals surface area contributed by atoms with Crippen molar-refractivity contribution in [2.75, 3.05) is 47.5 Å². The highest BCUT2D eigenvalue weighted by Gasteiger charge is 2.23. The molecule has 1 aromatic carbocycles. The van der Waals surface area contributed by atoms with Crippen molar-refractivity contribution in [2.24, 2.45) is 0 Å². The first-order valence-corrected chi connectivity index (χ1v) is 11.6. The zero-order valence-electron chi connectivity index (χ0n) is 19.1. The fraction of sp³-hybridized carbons (Fsp3) is 0.435. The van der Waals surface area contributed by atoms with Crippen molar-refractivity contribution in [1.29, 1.82) is 0 Å². The van der Waals surface area contributed by atoms with Crippen molar-refractivity contribution in [3.8, 4) is 17.2 Å². The van der Waals surface area contributed by atoms with Crippen LogP contribution in [-0.2, 0) is 17.9 Å². The molecule has 0 aliphatic carbocycles. The van der Waals surface area contributed by atoms with Crippen LogP contribution in [0.5, 0.6) is 17.2 Å². The Morgan fingerprint density at radius 1 is 1.03 bits per heavy atom. The second-order valence-electron chi connectivity index (χ2n) is 7.78. The van der Waals surface area contributed by atoms with Crippen LogP contribution < -0.4 is 19.8 Å². The Labute approximate surface area is 196 Å². The van der Waals surface area contributed by atoms with Gasteiger partial charge >= 0.3 is 0 Å². The van der Waals surface area contributed by atoms with Crippen LogP contribution in [0.15, 0.2) is 34.7 Å². The number of rotatable bonds is 8. The van der Waals surface area contributed by atoms with E-state index < -0.39 is 0 Å². The van der Waals surface area contributed by atoms with Crippen molar-refractivity contribution in [3.05, 3.63) is 45.8 Å². The molecule has 10 heteroatoms. The third-order valence-corrected chi connectivity index (χ3v) is 6.74. The van der Waals surface area contributed by atoms with Gasteiger partial charge in [0.2, 0.25) is 11.7 Å². The summed E-state index contributed by atoms with van der Waals surface area (Å²) in [5, 5.41) is 2.46. The van der Waals surface area contributed by atoms with Gasteiger partial charge in [0, 0.05) is 51.3 Å². The van der Waals surface area contributed by atoms with Gasteiger partial charge in [0.05, 0.1) is 33.0 Å². The molecular weight excluding hydrogens is 444 g/mol. The summed E-state index contributed by atoms with van der Waals surface area (Å²) in [6, 6.07) is 5.63. The van der Waals surface area contributed by atoms with Crippen LogP contribution in [0, 0.1) is 0 Å². The number of carbonyl (C=O) groups excluding carboxylic acids is 1. The number of methoxy groups -OCH3 is 3. The van der Waals surface area contributed by atoms with E-state index in [-0.39, 0.29) is 17.9 Å². The third kappa shape index (κ3) is 4.81. The van der Waals surface area contributed by atoms with Gasteiger partial charge < -0.3 is 19.1 Å². The maximum absolute atomic E-state index is 12.7. The Hall–Kier alpha value is -3.11. The number of amides is 1. The number of hydrogen-bond donors (Lipinski definition) is 0. The molecule has 1 aliphatic rings. The molecule has 9 nitrogen and oxygen atoms in total. The first-order chi connectivity index (χ1) is 16.0. The SMILES string of the molecule is COc1ccc(CN2CCN(C(=O)CCn3cnc4sccc4c3=O)CC2)c(OC)c1OC. The van der Waals surface area contributed by atoms with Gasteiger partial charge in [0.25, 0.3) is 5.56 Å². The number of fused-ring (bicyclic) bond motifs is 1. The lowest BCUT2D eigenvalue weighted by Crippen LogP contribution is -2.48. The Balaban J connectivity index is 1.33. The van der Waals surface area contributed by atoms with E-state index in [1.165, 1.54) is 22.2 Å². The zero-order valence-corrected chi connectivity index (χ0v) is 19.9. The van der Waals surface area contributed by atoms with Gasteiger partial charge in [-0.25, -0.2) is 4.98 Å². The van der Waals surface area contributed by atoms with Crippen molar-refractivity contribution < 1.29 is 19.0 Å². The van der Waals surface area contributed by atoms with E-state index in [0.717, 1.165) is 23.5 Å². The summed E-state index contributed by atoms with van der Waals surface area (Å²) in [4.78, 5) is 34.4. The topological polar surface area (TPSA) is 86.1 Å². The highest BCUT2D eigenvalue weighted by molar-refractivity contribution is 7.16. The van der Waals surface area contributed by atoms with Crippen molar-refractivity contribution in [2.45, 2.75) is 19.5 Å². The van der Waals surface area contributed by atoms with Gasteiger partial charge in [-0.15, -0.1) is 11.3 Å². The Morgan fingerprint density at radius 3 is 2.48 bits per heavy atom. The highest BCUT2D eigenvalue weighted by Crippen LogP contribution is 2.40. The van der Waals surface area contributed by atoms with Crippen molar-refractivity contribution in [3.63, 3.8) is 0 Å². The lowest BCUT2D eigenvalue weighted by atomic mass is 10.1. The number of benzene rings is 1. The van der Waals surface area contributed by atoms with Crippen LogP contribution in [0.2, 0.25) is 0 Å². The van der Waals surface area contributed by atoms with E-state index in [2.05, 4.69) is 9.88 Å². The van der Waals surface area contributed by atoms with Crippen LogP contribution in [0.4, 0.5) is 0 Å². The summed E-state index contributed by atoms with van der Waals surface area (Å²) in [7, 11) is 4.81. The summed E-state index contributed by atoms with van der Waals surface area (Å²) >= 11 is 1.44. The van der Waals surface area contributed by atoms with Crippen LogP contribution in [-0.4, -0.2) is 72.8 Å². The number of aryl methyl sites for hydroxylation is 1. The van der Waals surface area contributed by atoms with Gasteiger partial charge in [-0.3, -0.25) is 19.1 Å². The molecule has 2 aromatic heterocycles. The van der Waals surface area contributed by atoms with Gasteiger partial charge in [0.1, 0.15) is 4.83 Å². The van der Waals surface area contributed by atoms with E-state index >= 15 is 0 Å². The minimum atomic E-state index is -0.0947. The van der Waals surface area contributed by atoms with E-state index in [1.54, 1.807) is 27.4 Å². The van der Waals surface area contributed by atoms with Gasteiger partial charge in [0.15, 0.2) is 11.5 Å². The van der Waals surface area contributed by atoms with E-state index in [9.17, 15) is 9.59 Å². The van der Waals surface area contributed by atoms with Gasteiger partial charge in [-0.2, -0.15) is 0 Å². The van der Waals surface area contributed by atoms with E-state index in [4.69, 9.17) is 14.2 Å². The predicted octanol–water partition coefficient (Wildman–Crippen LogP) is 2.22. The Bertz CT molecular complexity index is 1180. The zero-order chi connectivity index (χ0) is 23.4. The molecule has 0 spiro atoms. The molecule has 1 amide bonds. The molecule has 0 bridgehead atoms. The van der Waals surface area contributed by atoms with Gasteiger partial charge in [-0.1, -0.05) is 6.07 Å². The average Bonchev–Trinajstić information content (AvgIpc) is 3.33. The van der Waals surface area contributed by atoms with Crippen LogP contribution in [0.25, 0.3) is 10.2 Å². The molecule has 4 rings (SSSR count). The standard InChI is InChI=1S/C23H28N4O5S/c1-30-18-5-4-16(20(31-2)21(18)32-3)14-25-9-11-26(12-10-25)19(28)6-8-27-15-24-22-17(23(27)29)7-13-33-22/h4-5,7,13,15H,6,8-12,14H2,1-3H3.